The highest BCUT2D eigenvalue weighted by Crippen LogP contribution is 2.35. The summed E-state index contributed by atoms with van der Waals surface area (Å²) in [5, 5.41) is 13.1. The third kappa shape index (κ3) is 1.81. The number of nitrogens with one attached hydrogen (secondary N) is 1. The maximum absolute atomic E-state index is 11.5. The van der Waals surface area contributed by atoms with E-state index in [1.165, 1.54) is 0 Å². The fourth-order valence-electron chi connectivity index (χ4n) is 2.28. The lowest BCUT2D eigenvalue weighted by molar-refractivity contribution is -0.144. The zero-order valence-electron chi connectivity index (χ0n) is 8.87. The van der Waals surface area contributed by atoms with E-state index in [-0.39, 0.29) is 0 Å². The van der Waals surface area contributed by atoms with Crippen molar-refractivity contribution in [2.45, 2.75) is 18.3 Å². The number of hydrogen-bond donors (Lipinski definition) is 2. The molecule has 1 unspecified atom stereocenters. The van der Waals surface area contributed by atoms with Crippen LogP contribution in [0.1, 0.15) is 18.4 Å². The summed E-state index contributed by atoms with van der Waals surface area (Å²) in [6.07, 6.45) is 1.50. The molecule has 0 saturated carbocycles. The van der Waals surface area contributed by atoms with Gasteiger partial charge in [0.2, 0.25) is 0 Å². The molecule has 2 N–H and O–H groups in total. The summed E-state index contributed by atoms with van der Waals surface area (Å²) in [4.78, 5) is 11.5. The molecule has 1 aliphatic heterocycles. The quantitative estimate of drug-likeness (QED) is 0.831. The molecule has 0 aromatic heterocycles. The fraction of sp³-hybridized carbons (Fsp3) is 0.417. The van der Waals surface area contributed by atoms with Gasteiger partial charge < -0.3 is 10.4 Å². The summed E-state index contributed by atoms with van der Waals surface area (Å²) in [6, 6.07) is 7.21. The summed E-state index contributed by atoms with van der Waals surface area (Å²) in [5.41, 5.74) is -0.146. The molecule has 1 heterocycles. The van der Waals surface area contributed by atoms with Gasteiger partial charge in [0, 0.05) is 11.6 Å². The van der Waals surface area contributed by atoms with Crippen LogP contribution in [0.5, 0.6) is 0 Å². The Balaban J connectivity index is 2.47. The van der Waals surface area contributed by atoms with Gasteiger partial charge in [-0.05, 0) is 31.0 Å². The van der Waals surface area contributed by atoms with Crippen LogP contribution in [0, 0.1) is 0 Å². The Kier molecular flexibility index (Phi) is 3.17. The number of rotatable bonds is 2. The van der Waals surface area contributed by atoms with E-state index in [9.17, 15) is 9.90 Å². The number of hydrogen-bond acceptors (Lipinski definition) is 2. The zero-order chi connectivity index (χ0) is 11.6. The van der Waals surface area contributed by atoms with Crippen molar-refractivity contribution in [3.63, 3.8) is 0 Å². The van der Waals surface area contributed by atoms with E-state index in [1.807, 2.05) is 18.2 Å². The number of benzene rings is 1. The molecular formula is C12H14ClNO2. The minimum absolute atomic E-state index is 0.450. The Morgan fingerprint density at radius 2 is 2.19 bits per heavy atom. The highest BCUT2D eigenvalue weighted by molar-refractivity contribution is 6.31. The Morgan fingerprint density at radius 1 is 1.44 bits per heavy atom. The summed E-state index contributed by atoms with van der Waals surface area (Å²) in [7, 11) is 0. The second-order valence-corrected chi connectivity index (χ2v) is 4.55. The predicted molar refractivity (Wildman–Crippen MR) is 62.9 cm³/mol. The molecule has 1 aliphatic rings. The average Bonchev–Trinajstić information content (AvgIpc) is 2.30. The second kappa shape index (κ2) is 4.44. The Labute approximate surface area is 99.4 Å². The van der Waals surface area contributed by atoms with Crippen LogP contribution in [0.3, 0.4) is 0 Å². The molecule has 1 atom stereocenters. The van der Waals surface area contributed by atoms with Crippen LogP contribution in [-0.4, -0.2) is 24.2 Å². The summed E-state index contributed by atoms with van der Waals surface area (Å²) in [6.45, 7) is 1.32. The van der Waals surface area contributed by atoms with Crippen LogP contribution in [0.2, 0.25) is 5.02 Å². The molecule has 16 heavy (non-hydrogen) atoms. The molecule has 1 aromatic rings. The molecule has 0 aliphatic carbocycles. The van der Waals surface area contributed by atoms with Crippen molar-refractivity contribution in [2.75, 3.05) is 13.1 Å². The Hall–Kier alpha value is -1.06. The van der Waals surface area contributed by atoms with Gasteiger partial charge >= 0.3 is 5.97 Å². The minimum Gasteiger partial charge on any atom is -0.481 e. The second-order valence-electron chi connectivity index (χ2n) is 4.15. The van der Waals surface area contributed by atoms with E-state index in [1.54, 1.807) is 6.07 Å². The first-order chi connectivity index (χ1) is 7.67. The highest BCUT2D eigenvalue weighted by Gasteiger charge is 2.42. The van der Waals surface area contributed by atoms with E-state index >= 15 is 0 Å². The van der Waals surface area contributed by atoms with Crippen molar-refractivity contribution >= 4 is 17.6 Å². The van der Waals surface area contributed by atoms with Crippen LogP contribution in [-0.2, 0) is 10.2 Å². The molecule has 3 nitrogen and oxygen atoms in total. The number of halogens is 1. The topological polar surface area (TPSA) is 49.3 Å². The third-order valence-electron chi connectivity index (χ3n) is 3.18. The van der Waals surface area contributed by atoms with Gasteiger partial charge in [-0.25, -0.2) is 0 Å². The zero-order valence-corrected chi connectivity index (χ0v) is 9.63. The van der Waals surface area contributed by atoms with Gasteiger partial charge in [0.05, 0.1) is 0 Å². The smallest absolute Gasteiger partial charge is 0.315 e. The van der Waals surface area contributed by atoms with Crippen molar-refractivity contribution in [3.05, 3.63) is 34.9 Å². The number of carboxylic acids is 1. The third-order valence-corrected chi connectivity index (χ3v) is 3.51. The van der Waals surface area contributed by atoms with Crippen molar-refractivity contribution in [3.8, 4) is 0 Å². The number of carbonyl (C=O) groups is 1. The molecule has 1 aromatic carbocycles. The molecule has 4 heteroatoms. The molecule has 0 bridgehead atoms. The monoisotopic (exact) mass is 239 g/mol. The van der Waals surface area contributed by atoms with Gasteiger partial charge in [-0.2, -0.15) is 0 Å². The Bertz CT molecular complexity index is 400. The number of carboxylic acid groups (broad SMARTS) is 1. The highest BCUT2D eigenvalue weighted by atomic mass is 35.5. The van der Waals surface area contributed by atoms with Gasteiger partial charge in [-0.1, -0.05) is 29.8 Å². The predicted octanol–water partition coefficient (Wildman–Crippen LogP) is 2.05. The van der Waals surface area contributed by atoms with Gasteiger partial charge in [-0.3, -0.25) is 4.79 Å². The van der Waals surface area contributed by atoms with Gasteiger partial charge in [0.15, 0.2) is 0 Å². The van der Waals surface area contributed by atoms with Crippen molar-refractivity contribution in [1.29, 1.82) is 0 Å². The number of aliphatic carboxylic acids is 1. The lowest BCUT2D eigenvalue weighted by atomic mass is 9.75. The summed E-state index contributed by atoms with van der Waals surface area (Å²) >= 11 is 6.10. The maximum atomic E-state index is 11.5. The Morgan fingerprint density at radius 3 is 2.75 bits per heavy atom. The van der Waals surface area contributed by atoms with Crippen LogP contribution in [0.15, 0.2) is 24.3 Å². The van der Waals surface area contributed by atoms with Crippen molar-refractivity contribution in [1.82, 2.24) is 5.32 Å². The van der Waals surface area contributed by atoms with E-state index in [0.29, 0.717) is 18.0 Å². The molecule has 0 radical (unpaired) electrons. The first kappa shape index (κ1) is 11.4. The van der Waals surface area contributed by atoms with Crippen molar-refractivity contribution < 1.29 is 9.90 Å². The molecule has 1 fully saturated rings. The lowest BCUT2D eigenvalue weighted by Crippen LogP contribution is -2.49. The molecular weight excluding hydrogens is 226 g/mol. The maximum Gasteiger partial charge on any atom is 0.315 e. The lowest BCUT2D eigenvalue weighted by Gasteiger charge is -2.34. The van der Waals surface area contributed by atoms with E-state index in [4.69, 9.17) is 11.6 Å². The van der Waals surface area contributed by atoms with Gasteiger partial charge in [-0.15, -0.1) is 0 Å². The molecule has 2 rings (SSSR count). The SMILES string of the molecule is O=C(O)C1(c2ccccc2Cl)CCCNC1. The molecule has 1 saturated heterocycles. The van der Waals surface area contributed by atoms with E-state index < -0.39 is 11.4 Å². The van der Waals surface area contributed by atoms with E-state index in [2.05, 4.69) is 5.32 Å². The summed E-state index contributed by atoms with van der Waals surface area (Å²) in [5.74, 6) is -0.798. The average molecular weight is 240 g/mol. The molecule has 0 amide bonds. The standard InChI is InChI=1S/C12H14ClNO2/c13-10-5-2-1-4-9(10)12(11(15)16)6-3-7-14-8-12/h1-2,4-5,14H,3,6-8H2,(H,15,16). The van der Waals surface area contributed by atoms with Gasteiger partial charge in [0.25, 0.3) is 0 Å². The van der Waals surface area contributed by atoms with E-state index in [0.717, 1.165) is 18.5 Å². The number of piperidine rings is 1. The van der Waals surface area contributed by atoms with Crippen LogP contribution in [0.4, 0.5) is 0 Å². The van der Waals surface area contributed by atoms with Crippen LogP contribution >= 0.6 is 11.6 Å². The summed E-state index contributed by atoms with van der Waals surface area (Å²) < 4.78 is 0. The first-order valence-electron chi connectivity index (χ1n) is 5.36. The molecule has 86 valence electrons. The first-order valence-corrected chi connectivity index (χ1v) is 5.74. The largest absolute Gasteiger partial charge is 0.481 e. The van der Waals surface area contributed by atoms with Crippen LogP contribution in [0.25, 0.3) is 0 Å². The van der Waals surface area contributed by atoms with Gasteiger partial charge in [0.1, 0.15) is 5.41 Å². The molecule has 0 spiro atoms. The van der Waals surface area contributed by atoms with Crippen LogP contribution < -0.4 is 5.32 Å². The van der Waals surface area contributed by atoms with Crippen molar-refractivity contribution in [2.24, 2.45) is 0 Å². The normalized spacial score (nSPS) is 25.3. The fourth-order valence-corrected chi connectivity index (χ4v) is 2.60. The minimum atomic E-state index is -0.864.